The fourth-order valence-electron chi connectivity index (χ4n) is 2.82. The Morgan fingerprint density at radius 1 is 1.00 bits per heavy atom. The molecule has 0 saturated carbocycles. The topological polar surface area (TPSA) is 12.0 Å². The minimum atomic E-state index is 0.498. The first-order valence-corrected chi connectivity index (χ1v) is 7.90. The first-order valence-electron chi connectivity index (χ1n) is 7.90. The van der Waals surface area contributed by atoms with E-state index in [0.29, 0.717) is 12.0 Å². The van der Waals surface area contributed by atoms with E-state index in [-0.39, 0.29) is 0 Å². The molecule has 0 aromatic heterocycles. The Hall–Kier alpha value is -0.820. The lowest BCUT2D eigenvalue weighted by Crippen LogP contribution is -2.26. The van der Waals surface area contributed by atoms with Crippen molar-refractivity contribution < 1.29 is 0 Å². The minimum absolute atomic E-state index is 0.498. The van der Waals surface area contributed by atoms with Crippen LogP contribution in [0.5, 0.6) is 0 Å². The molecule has 0 radical (unpaired) electrons. The van der Waals surface area contributed by atoms with E-state index < -0.39 is 0 Å². The maximum atomic E-state index is 3.64. The van der Waals surface area contributed by atoms with E-state index in [1.807, 2.05) is 0 Å². The van der Waals surface area contributed by atoms with Gasteiger partial charge in [0.25, 0.3) is 0 Å². The highest BCUT2D eigenvalue weighted by Gasteiger charge is 2.17. The molecule has 1 nitrogen and oxygen atoms in total. The van der Waals surface area contributed by atoms with Gasteiger partial charge in [-0.1, -0.05) is 65.3 Å². The molecule has 2 unspecified atom stereocenters. The van der Waals surface area contributed by atoms with Gasteiger partial charge in [0.2, 0.25) is 0 Å². The SMILES string of the molecule is CCCC(C)C(NCC)c1ccc(CC(C)C)cc1. The van der Waals surface area contributed by atoms with E-state index in [0.717, 1.165) is 12.5 Å². The second-order valence-corrected chi connectivity index (χ2v) is 6.14. The Balaban J connectivity index is 2.78. The van der Waals surface area contributed by atoms with Crippen LogP contribution in [0.15, 0.2) is 24.3 Å². The van der Waals surface area contributed by atoms with Crippen LogP contribution in [-0.2, 0) is 6.42 Å². The average Bonchev–Trinajstić information content (AvgIpc) is 2.36. The van der Waals surface area contributed by atoms with E-state index in [1.165, 1.54) is 30.4 Å². The van der Waals surface area contributed by atoms with Crippen LogP contribution < -0.4 is 5.32 Å². The maximum absolute atomic E-state index is 3.64. The van der Waals surface area contributed by atoms with E-state index in [2.05, 4.69) is 64.2 Å². The zero-order chi connectivity index (χ0) is 14.3. The molecule has 1 aromatic rings. The van der Waals surface area contributed by atoms with Crippen LogP contribution in [-0.4, -0.2) is 6.54 Å². The molecule has 1 heteroatoms. The second-order valence-electron chi connectivity index (χ2n) is 6.14. The smallest absolute Gasteiger partial charge is 0.0345 e. The number of hydrogen-bond acceptors (Lipinski definition) is 1. The van der Waals surface area contributed by atoms with Crippen LogP contribution in [0.25, 0.3) is 0 Å². The Morgan fingerprint density at radius 2 is 1.63 bits per heavy atom. The molecule has 0 spiro atoms. The van der Waals surface area contributed by atoms with Gasteiger partial charge in [-0.25, -0.2) is 0 Å². The summed E-state index contributed by atoms with van der Waals surface area (Å²) in [7, 11) is 0. The number of benzene rings is 1. The molecule has 0 saturated heterocycles. The predicted octanol–water partition coefficient (Wildman–Crippen LogP) is 4.97. The lowest BCUT2D eigenvalue weighted by atomic mass is 9.90. The Bertz CT molecular complexity index is 339. The summed E-state index contributed by atoms with van der Waals surface area (Å²) in [5.41, 5.74) is 2.90. The Labute approximate surface area is 119 Å². The minimum Gasteiger partial charge on any atom is -0.310 e. The first kappa shape index (κ1) is 16.2. The molecule has 0 aliphatic carbocycles. The molecule has 0 fully saturated rings. The molecule has 0 amide bonds. The van der Waals surface area contributed by atoms with Gasteiger partial charge in [-0.2, -0.15) is 0 Å². The summed E-state index contributed by atoms with van der Waals surface area (Å²) in [6.07, 6.45) is 3.72. The molecular formula is C18H31N. The molecule has 0 aliphatic rings. The first-order chi connectivity index (χ1) is 9.08. The summed E-state index contributed by atoms with van der Waals surface area (Å²) in [6, 6.07) is 9.74. The van der Waals surface area contributed by atoms with Gasteiger partial charge in [0.15, 0.2) is 0 Å². The van der Waals surface area contributed by atoms with Gasteiger partial charge >= 0.3 is 0 Å². The maximum Gasteiger partial charge on any atom is 0.0345 e. The third-order valence-corrected chi connectivity index (χ3v) is 3.72. The van der Waals surface area contributed by atoms with Crippen molar-refractivity contribution >= 4 is 0 Å². The summed E-state index contributed by atoms with van der Waals surface area (Å²) in [4.78, 5) is 0. The molecule has 0 aliphatic heterocycles. The summed E-state index contributed by atoms with van der Waals surface area (Å²) in [5, 5.41) is 3.64. The Kier molecular flexibility index (Phi) is 7.15. The van der Waals surface area contributed by atoms with Crippen molar-refractivity contribution in [2.45, 2.75) is 59.9 Å². The Morgan fingerprint density at radius 3 is 2.11 bits per heavy atom. The predicted molar refractivity (Wildman–Crippen MR) is 85.5 cm³/mol. The van der Waals surface area contributed by atoms with Gasteiger partial charge in [0.1, 0.15) is 0 Å². The molecule has 1 aromatic carbocycles. The van der Waals surface area contributed by atoms with Crippen molar-refractivity contribution in [3.05, 3.63) is 35.4 Å². The van der Waals surface area contributed by atoms with Crippen LogP contribution in [0, 0.1) is 11.8 Å². The molecular weight excluding hydrogens is 230 g/mol. The molecule has 2 atom stereocenters. The van der Waals surface area contributed by atoms with Crippen LogP contribution >= 0.6 is 0 Å². The molecule has 0 heterocycles. The van der Waals surface area contributed by atoms with Crippen LogP contribution in [0.2, 0.25) is 0 Å². The standard InChI is InChI=1S/C18H31N/c1-6-8-15(5)18(19-7-2)17-11-9-16(10-12-17)13-14(3)4/h9-12,14-15,18-19H,6-8,13H2,1-5H3. The van der Waals surface area contributed by atoms with Crippen molar-refractivity contribution in [1.82, 2.24) is 5.32 Å². The van der Waals surface area contributed by atoms with E-state index in [1.54, 1.807) is 0 Å². The van der Waals surface area contributed by atoms with Crippen LogP contribution in [0.3, 0.4) is 0 Å². The van der Waals surface area contributed by atoms with E-state index in [4.69, 9.17) is 0 Å². The number of rotatable bonds is 8. The van der Waals surface area contributed by atoms with Crippen molar-refractivity contribution in [1.29, 1.82) is 0 Å². The van der Waals surface area contributed by atoms with Gasteiger partial charge in [0.05, 0.1) is 0 Å². The average molecular weight is 261 g/mol. The van der Waals surface area contributed by atoms with Gasteiger partial charge in [-0.3, -0.25) is 0 Å². The summed E-state index contributed by atoms with van der Waals surface area (Å²) in [6.45, 7) is 12.4. The summed E-state index contributed by atoms with van der Waals surface area (Å²) < 4.78 is 0. The highest BCUT2D eigenvalue weighted by Crippen LogP contribution is 2.26. The van der Waals surface area contributed by atoms with Gasteiger partial charge in [-0.15, -0.1) is 0 Å². The monoisotopic (exact) mass is 261 g/mol. The van der Waals surface area contributed by atoms with E-state index >= 15 is 0 Å². The van der Waals surface area contributed by atoms with Crippen molar-refractivity contribution in [3.63, 3.8) is 0 Å². The summed E-state index contributed by atoms with van der Waals surface area (Å²) >= 11 is 0. The third kappa shape index (κ3) is 5.36. The van der Waals surface area contributed by atoms with E-state index in [9.17, 15) is 0 Å². The zero-order valence-corrected chi connectivity index (χ0v) is 13.4. The molecule has 19 heavy (non-hydrogen) atoms. The van der Waals surface area contributed by atoms with Gasteiger partial charge in [0, 0.05) is 6.04 Å². The van der Waals surface area contributed by atoms with Crippen molar-refractivity contribution in [3.8, 4) is 0 Å². The van der Waals surface area contributed by atoms with Crippen molar-refractivity contribution in [2.75, 3.05) is 6.54 Å². The largest absolute Gasteiger partial charge is 0.310 e. The van der Waals surface area contributed by atoms with Gasteiger partial charge in [-0.05, 0) is 42.3 Å². The molecule has 1 N–H and O–H groups in total. The molecule has 0 bridgehead atoms. The van der Waals surface area contributed by atoms with Crippen LogP contribution in [0.1, 0.15) is 64.6 Å². The quantitative estimate of drug-likeness (QED) is 0.696. The fourth-order valence-corrected chi connectivity index (χ4v) is 2.82. The third-order valence-electron chi connectivity index (χ3n) is 3.72. The molecule has 108 valence electrons. The van der Waals surface area contributed by atoms with Crippen molar-refractivity contribution in [2.24, 2.45) is 11.8 Å². The lowest BCUT2D eigenvalue weighted by Gasteiger charge is -2.25. The second kappa shape index (κ2) is 8.37. The normalized spacial score (nSPS) is 14.6. The van der Waals surface area contributed by atoms with Crippen LogP contribution in [0.4, 0.5) is 0 Å². The molecule has 1 rings (SSSR count). The summed E-state index contributed by atoms with van der Waals surface area (Å²) in [5.74, 6) is 1.43. The van der Waals surface area contributed by atoms with Gasteiger partial charge < -0.3 is 5.32 Å². The highest BCUT2D eigenvalue weighted by atomic mass is 14.9. The number of hydrogen-bond donors (Lipinski definition) is 1. The number of nitrogens with one attached hydrogen (secondary N) is 1. The highest BCUT2D eigenvalue weighted by molar-refractivity contribution is 5.25. The lowest BCUT2D eigenvalue weighted by molar-refractivity contribution is 0.369. The fraction of sp³-hybridized carbons (Fsp3) is 0.667. The zero-order valence-electron chi connectivity index (χ0n) is 13.4.